The molecule has 1 aromatic heterocycles. The van der Waals surface area contributed by atoms with Gasteiger partial charge < -0.3 is 15.1 Å². The van der Waals surface area contributed by atoms with Crippen molar-refractivity contribution in [2.24, 2.45) is 0 Å². The summed E-state index contributed by atoms with van der Waals surface area (Å²) in [5.74, 6) is 0.763. The molecular weight excluding hydrogens is 324 g/mol. The Morgan fingerprint density at radius 3 is 2.38 bits per heavy atom. The summed E-state index contributed by atoms with van der Waals surface area (Å²) in [5.41, 5.74) is 3.76. The molecule has 1 amide bonds. The van der Waals surface area contributed by atoms with E-state index in [4.69, 9.17) is 0 Å². The first-order valence-corrected chi connectivity index (χ1v) is 9.41. The van der Waals surface area contributed by atoms with Gasteiger partial charge in [-0.15, -0.1) is 0 Å². The van der Waals surface area contributed by atoms with Crippen molar-refractivity contribution in [1.29, 1.82) is 0 Å². The second-order valence-electron chi connectivity index (χ2n) is 7.37. The van der Waals surface area contributed by atoms with E-state index in [2.05, 4.69) is 46.5 Å². The van der Waals surface area contributed by atoms with Gasteiger partial charge >= 0.3 is 0 Å². The smallest absolute Gasteiger partial charge is 0.236 e. The molecule has 1 saturated heterocycles. The van der Waals surface area contributed by atoms with Crippen LogP contribution >= 0.6 is 0 Å². The number of nitrogens with one attached hydrogen (secondary N) is 1. The maximum absolute atomic E-state index is 12.3. The van der Waals surface area contributed by atoms with E-state index in [-0.39, 0.29) is 5.91 Å². The van der Waals surface area contributed by atoms with Gasteiger partial charge in [-0.1, -0.05) is 24.3 Å². The van der Waals surface area contributed by atoms with Crippen molar-refractivity contribution in [3.63, 3.8) is 0 Å². The number of benzene rings is 1. The molecule has 5 nitrogen and oxygen atoms in total. The van der Waals surface area contributed by atoms with E-state index in [1.165, 1.54) is 16.7 Å². The van der Waals surface area contributed by atoms with Crippen LogP contribution in [0.5, 0.6) is 0 Å². The summed E-state index contributed by atoms with van der Waals surface area (Å²) < 4.78 is 0. The molecule has 1 saturated carbocycles. The van der Waals surface area contributed by atoms with Crippen LogP contribution in [0.3, 0.4) is 0 Å². The minimum atomic E-state index is 0.233. The largest absolute Gasteiger partial charge is 0.339 e. The van der Waals surface area contributed by atoms with Crippen molar-refractivity contribution in [2.75, 3.05) is 39.8 Å². The molecule has 2 heterocycles. The Morgan fingerprint density at radius 1 is 1.04 bits per heavy atom. The molecule has 4 rings (SSSR count). The average molecular weight is 350 g/mol. The zero-order valence-corrected chi connectivity index (χ0v) is 15.3. The normalized spacial score (nSPS) is 23.0. The highest BCUT2D eigenvalue weighted by atomic mass is 16.2. The number of hydrogen-bond donors (Lipinski definition) is 1. The lowest BCUT2D eigenvalue weighted by Crippen LogP contribution is -2.49. The first kappa shape index (κ1) is 17.2. The Morgan fingerprint density at radius 2 is 1.69 bits per heavy atom. The molecule has 2 aromatic rings. The highest BCUT2D eigenvalue weighted by Gasteiger charge is 2.38. The van der Waals surface area contributed by atoms with Crippen LogP contribution in [0.1, 0.15) is 17.9 Å². The van der Waals surface area contributed by atoms with Crippen molar-refractivity contribution < 1.29 is 4.79 Å². The molecule has 0 radical (unpaired) electrons. The summed E-state index contributed by atoms with van der Waals surface area (Å²) in [6.45, 7) is 4.10. The fraction of sp³-hybridized carbons (Fsp3) is 0.429. The topological polar surface area (TPSA) is 48.5 Å². The van der Waals surface area contributed by atoms with Crippen LogP contribution in [0.15, 0.2) is 48.8 Å². The Hall–Kier alpha value is -2.24. The number of carbonyl (C=O) groups is 1. The van der Waals surface area contributed by atoms with E-state index in [1.54, 1.807) is 0 Å². The second kappa shape index (κ2) is 7.56. The van der Waals surface area contributed by atoms with Gasteiger partial charge in [-0.2, -0.15) is 0 Å². The highest BCUT2D eigenvalue weighted by molar-refractivity contribution is 5.78. The van der Waals surface area contributed by atoms with Crippen LogP contribution in [0, 0.1) is 0 Å². The number of carbonyl (C=O) groups excluding carboxylic acids is 1. The van der Waals surface area contributed by atoms with Crippen molar-refractivity contribution in [3.05, 3.63) is 54.4 Å². The van der Waals surface area contributed by atoms with Crippen LogP contribution < -0.4 is 5.32 Å². The lowest BCUT2D eigenvalue weighted by atomic mass is 10.0. The number of hydrogen-bond acceptors (Lipinski definition) is 4. The molecule has 0 bridgehead atoms. The van der Waals surface area contributed by atoms with Crippen LogP contribution in [-0.2, 0) is 4.79 Å². The van der Waals surface area contributed by atoms with E-state index in [9.17, 15) is 4.79 Å². The molecule has 1 aliphatic carbocycles. The van der Waals surface area contributed by atoms with Crippen molar-refractivity contribution >= 4 is 5.91 Å². The number of aromatic nitrogens is 1. The van der Waals surface area contributed by atoms with Gasteiger partial charge in [-0.25, -0.2) is 0 Å². The van der Waals surface area contributed by atoms with Crippen LogP contribution in [0.25, 0.3) is 11.1 Å². The quantitative estimate of drug-likeness (QED) is 0.896. The van der Waals surface area contributed by atoms with Gasteiger partial charge in [0.15, 0.2) is 0 Å². The molecule has 26 heavy (non-hydrogen) atoms. The Labute approximate surface area is 155 Å². The SMILES string of the molecule is CN1CCN(C(=O)CN[C@@H]2C[C@H]2c2ccc(-c3ccncc3)cc2)CC1. The van der Waals surface area contributed by atoms with Gasteiger partial charge in [0.1, 0.15) is 0 Å². The summed E-state index contributed by atoms with van der Waals surface area (Å²) in [4.78, 5) is 20.6. The summed E-state index contributed by atoms with van der Waals surface area (Å²) in [7, 11) is 2.11. The van der Waals surface area contributed by atoms with E-state index in [0.29, 0.717) is 18.5 Å². The minimum absolute atomic E-state index is 0.233. The molecule has 0 spiro atoms. The van der Waals surface area contributed by atoms with Crippen LogP contribution in [-0.4, -0.2) is 66.5 Å². The van der Waals surface area contributed by atoms with Gasteiger partial charge in [0.05, 0.1) is 6.54 Å². The van der Waals surface area contributed by atoms with E-state index < -0.39 is 0 Å². The number of likely N-dealkylation sites (N-methyl/N-ethyl adjacent to an activating group) is 1. The van der Waals surface area contributed by atoms with Gasteiger partial charge in [-0.05, 0) is 42.3 Å². The van der Waals surface area contributed by atoms with E-state index in [1.807, 2.05) is 29.4 Å². The number of piperazine rings is 1. The van der Waals surface area contributed by atoms with Crippen molar-refractivity contribution in [1.82, 2.24) is 20.1 Å². The highest BCUT2D eigenvalue weighted by Crippen LogP contribution is 2.41. The fourth-order valence-electron chi connectivity index (χ4n) is 3.64. The molecular formula is C21H26N4O. The fourth-order valence-corrected chi connectivity index (χ4v) is 3.64. The molecule has 1 N–H and O–H groups in total. The molecule has 2 atom stereocenters. The zero-order valence-electron chi connectivity index (χ0n) is 15.3. The van der Waals surface area contributed by atoms with Crippen LogP contribution in [0.2, 0.25) is 0 Å². The summed E-state index contributed by atoms with van der Waals surface area (Å²) in [6, 6.07) is 13.3. The van der Waals surface area contributed by atoms with Gasteiger partial charge in [0, 0.05) is 50.5 Å². The lowest BCUT2D eigenvalue weighted by Gasteiger charge is -2.32. The monoisotopic (exact) mass is 350 g/mol. The second-order valence-corrected chi connectivity index (χ2v) is 7.37. The van der Waals surface area contributed by atoms with E-state index >= 15 is 0 Å². The summed E-state index contributed by atoms with van der Waals surface area (Å²) in [5, 5.41) is 3.45. The maximum atomic E-state index is 12.3. The average Bonchev–Trinajstić information content (AvgIpc) is 3.47. The first-order valence-electron chi connectivity index (χ1n) is 9.41. The van der Waals surface area contributed by atoms with Crippen LogP contribution in [0.4, 0.5) is 0 Å². The standard InChI is InChI=1S/C21H26N4O/c1-24-10-12-25(13-11-24)21(26)15-23-20-14-19(20)18-4-2-16(3-5-18)17-6-8-22-9-7-17/h2-9,19-20,23H,10-15H2,1H3/t19-,20+/m0/s1. The zero-order chi connectivity index (χ0) is 17.9. The number of pyridine rings is 1. The van der Waals surface area contributed by atoms with E-state index in [0.717, 1.165) is 32.6 Å². The van der Waals surface area contributed by atoms with Crippen molar-refractivity contribution in [2.45, 2.75) is 18.4 Å². The van der Waals surface area contributed by atoms with Gasteiger partial charge in [0.2, 0.25) is 5.91 Å². The molecule has 0 unspecified atom stereocenters. The molecule has 2 aliphatic rings. The molecule has 5 heteroatoms. The number of rotatable bonds is 5. The third-order valence-electron chi connectivity index (χ3n) is 5.51. The minimum Gasteiger partial charge on any atom is -0.339 e. The predicted molar refractivity (Wildman–Crippen MR) is 103 cm³/mol. The van der Waals surface area contributed by atoms with Gasteiger partial charge in [-0.3, -0.25) is 9.78 Å². The predicted octanol–water partition coefficient (Wildman–Crippen LogP) is 1.97. The summed E-state index contributed by atoms with van der Waals surface area (Å²) >= 11 is 0. The molecule has 1 aromatic carbocycles. The summed E-state index contributed by atoms with van der Waals surface area (Å²) in [6.07, 6.45) is 4.76. The number of amides is 1. The Bertz CT molecular complexity index is 738. The number of nitrogens with zero attached hydrogens (tertiary/aromatic N) is 3. The third-order valence-corrected chi connectivity index (χ3v) is 5.51. The lowest BCUT2D eigenvalue weighted by molar-refractivity contribution is -0.131. The molecule has 2 fully saturated rings. The Balaban J connectivity index is 1.27. The van der Waals surface area contributed by atoms with Gasteiger partial charge in [0.25, 0.3) is 0 Å². The Kier molecular flexibility index (Phi) is 5.00. The molecule has 136 valence electrons. The molecule has 1 aliphatic heterocycles. The third kappa shape index (κ3) is 3.94. The maximum Gasteiger partial charge on any atom is 0.236 e. The first-order chi connectivity index (χ1) is 12.7. The van der Waals surface area contributed by atoms with Crippen molar-refractivity contribution in [3.8, 4) is 11.1 Å².